The number of furan rings is 1. The van der Waals surface area contributed by atoms with Gasteiger partial charge in [-0.05, 0) is 38.0 Å². The van der Waals surface area contributed by atoms with Gasteiger partial charge in [0, 0.05) is 18.2 Å². The summed E-state index contributed by atoms with van der Waals surface area (Å²) in [4.78, 5) is 12.4. The minimum atomic E-state index is -0.106. The fourth-order valence-corrected chi connectivity index (χ4v) is 4.31. The molecule has 1 amide bonds. The van der Waals surface area contributed by atoms with Crippen LogP contribution in [0.15, 0.2) is 28.8 Å². The van der Waals surface area contributed by atoms with Crippen LogP contribution in [0.2, 0.25) is 0 Å². The molecule has 1 aliphatic carbocycles. The van der Waals surface area contributed by atoms with E-state index in [1.165, 1.54) is 12.8 Å². The van der Waals surface area contributed by atoms with E-state index < -0.39 is 0 Å². The molecule has 0 spiro atoms. The van der Waals surface area contributed by atoms with Crippen LogP contribution in [0.5, 0.6) is 0 Å². The topological polar surface area (TPSA) is 88.7 Å². The number of H-pyrrole nitrogens is 1. The Morgan fingerprint density at radius 2 is 2.08 bits per heavy atom. The van der Waals surface area contributed by atoms with Crippen LogP contribution >= 0.6 is 0 Å². The van der Waals surface area contributed by atoms with Gasteiger partial charge in [0.1, 0.15) is 17.3 Å². The molecule has 4 heterocycles. The summed E-state index contributed by atoms with van der Waals surface area (Å²) in [5, 5.41) is 14.7. The molecule has 0 unspecified atom stereocenters. The molecule has 134 valence electrons. The molecule has 1 fully saturated rings. The highest BCUT2D eigenvalue weighted by atomic mass is 16.3. The molecule has 1 atom stereocenters. The fraction of sp³-hybridized carbons (Fsp3) is 0.421. The predicted molar refractivity (Wildman–Crippen MR) is 95.8 cm³/mol. The number of hydrogen-bond donors (Lipinski definition) is 2. The quantitative estimate of drug-likeness (QED) is 0.752. The lowest BCUT2D eigenvalue weighted by atomic mass is 9.90. The van der Waals surface area contributed by atoms with Crippen LogP contribution < -0.4 is 5.32 Å². The summed E-state index contributed by atoms with van der Waals surface area (Å²) in [6.45, 7) is 2.02. The van der Waals surface area contributed by atoms with E-state index >= 15 is 0 Å². The normalized spacial score (nSPS) is 20.3. The van der Waals surface area contributed by atoms with Gasteiger partial charge in [-0.3, -0.25) is 9.89 Å². The molecular weight excluding hydrogens is 330 g/mol. The summed E-state index contributed by atoms with van der Waals surface area (Å²) in [6.07, 6.45) is 6.76. The van der Waals surface area contributed by atoms with Gasteiger partial charge in [0.05, 0.1) is 17.7 Å². The van der Waals surface area contributed by atoms with E-state index in [-0.39, 0.29) is 11.8 Å². The Hall–Kier alpha value is -2.83. The van der Waals surface area contributed by atoms with Crippen molar-refractivity contribution in [2.45, 2.75) is 51.0 Å². The Kier molecular flexibility index (Phi) is 3.48. The van der Waals surface area contributed by atoms with E-state index in [0.29, 0.717) is 12.5 Å². The number of aryl methyl sites for hydroxylation is 1. The molecule has 3 aromatic rings. The van der Waals surface area contributed by atoms with Gasteiger partial charge in [-0.2, -0.15) is 10.2 Å². The lowest BCUT2D eigenvalue weighted by Crippen LogP contribution is -2.25. The molecule has 3 aromatic heterocycles. The van der Waals surface area contributed by atoms with Crippen molar-refractivity contribution >= 4 is 11.7 Å². The third-order valence-corrected chi connectivity index (χ3v) is 5.53. The van der Waals surface area contributed by atoms with E-state index in [2.05, 4.69) is 15.5 Å². The first-order valence-corrected chi connectivity index (χ1v) is 9.19. The van der Waals surface area contributed by atoms with E-state index in [9.17, 15) is 4.79 Å². The zero-order valence-corrected chi connectivity index (χ0v) is 14.7. The Balaban J connectivity index is 1.57. The van der Waals surface area contributed by atoms with E-state index in [0.717, 1.165) is 47.1 Å². The van der Waals surface area contributed by atoms with E-state index in [4.69, 9.17) is 9.52 Å². The Morgan fingerprint density at radius 1 is 1.23 bits per heavy atom. The number of nitrogens with zero attached hydrogens (tertiary/aromatic N) is 3. The molecule has 5 rings (SSSR count). The monoisotopic (exact) mass is 351 g/mol. The number of hydrogen-bond acceptors (Lipinski definition) is 4. The third-order valence-electron chi connectivity index (χ3n) is 5.53. The van der Waals surface area contributed by atoms with Gasteiger partial charge >= 0.3 is 0 Å². The lowest BCUT2D eigenvalue weighted by molar-refractivity contribution is -0.116. The van der Waals surface area contributed by atoms with Crippen LogP contribution in [0.1, 0.15) is 61.1 Å². The smallest absolute Gasteiger partial charge is 0.226 e. The van der Waals surface area contributed by atoms with Gasteiger partial charge in [0.25, 0.3) is 0 Å². The Morgan fingerprint density at radius 3 is 2.85 bits per heavy atom. The number of carbonyl (C=O) groups excluding carboxylic acids is 1. The maximum absolute atomic E-state index is 12.4. The highest BCUT2D eigenvalue weighted by Crippen LogP contribution is 2.43. The number of rotatable bonds is 3. The standard InChI is InChI=1S/C19H21N5O2/c1-11-18-13(15-6-7-16(26-15)14-8-9-20-22-14)10-17(25)21-19(18)24(23-11)12-4-2-3-5-12/h6-9,12-13H,2-5,10H2,1H3,(H,20,22)(H,21,25)/t13-/m0/s1. The number of anilines is 1. The summed E-state index contributed by atoms with van der Waals surface area (Å²) in [6, 6.07) is 6.13. The first-order chi connectivity index (χ1) is 12.7. The highest BCUT2D eigenvalue weighted by Gasteiger charge is 2.36. The van der Waals surface area contributed by atoms with Gasteiger partial charge < -0.3 is 9.73 Å². The van der Waals surface area contributed by atoms with E-state index in [1.54, 1.807) is 6.20 Å². The van der Waals surface area contributed by atoms with Crippen LogP contribution in [0, 0.1) is 6.92 Å². The first kappa shape index (κ1) is 15.4. The van der Waals surface area contributed by atoms with E-state index in [1.807, 2.05) is 29.8 Å². The minimum Gasteiger partial charge on any atom is -0.459 e. The van der Waals surface area contributed by atoms with Crippen molar-refractivity contribution in [2.75, 3.05) is 5.32 Å². The average molecular weight is 351 g/mol. The number of aromatic nitrogens is 4. The summed E-state index contributed by atoms with van der Waals surface area (Å²) >= 11 is 0. The number of carbonyl (C=O) groups is 1. The van der Waals surface area contributed by atoms with Gasteiger partial charge in [-0.25, -0.2) is 4.68 Å². The van der Waals surface area contributed by atoms with Crippen LogP contribution in [-0.2, 0) is 4.79 Å². The Labute approximate surface area is 150 Å². The summed E-state index contributed by atoms with van der Waals surface area (Å²) in [5.41, 5.74) is 2.88. The van der Waals surface area contributed by atoms with Gasteiger partial charge in [0.15, 0.2) is 5.76 Å². The van der Waals surface area contributed by atoms with Crippen LogP contribution in [0.25, 0.3) is 11.5 Å². The fourth-order valence-electron chi connectivity index (χ4n) is 4.31. The number of amides is 1. The number of aromatic amines is 1. The third kappa shape index (κ3) is 2.38. The van der Waals surface area contributed by atoms with Crippen molar-refractivity contribution in [3.63, 3.8) is 0 Å². The second-order valence-electron chi connectivity index (χ2n) is 7.21. The SMILES string of the molecule is Cc1nn(C2CCCC2)c2c1[C@H](c1ccc(-c3ccn[nH]3)o1)CC(=O)N2. The van der Waals surface area contributed by atoms with Crippen molar-refractivity contribution in [1.29, 1.82) is 0 Å². The molecular formula is C19H21N5O2. The van der Waals surface area contributed by atoms with Crippen LogP contribution in [0.4, 0.5) is 5.82 Å². The van der Waals surface area contributed by atoms with Crippen molar-refractivity contribution in [3.8, 4) is 11.5 Å². The molecule has 7 nitrogen and oxygen atoms in total. The summed E-state index contributed by atoms with van der Waals surface area (Å²) in [7, 11) is 0. The van der Waals surface area contributed by atoms with Crippen LogP contribution in [-0.4, -0.2) is 25.9 Å². The largest absolute Gasteiger partial charge is 0.459 e. The second-order valence-corrected chi connectivity index (χ2v) is 7.21. The molecule has 7 heteroatoms. The zero-order chi connectivity index (χ0) is 17.7. The number of nitrogens with one attached hydrogen (secondary N) is 2. The summed E-state index contributed by atoms with van der Waals surface area (Å²) < 4.78 is 8.12. The molecule has 26 heavy (non-hydrogen) atoms. The molecule has 0 saturated heterocycles. The lowest BCUT2D eigenvalue weighted by Gasteiger charge is -2.24. The molecule has 1 aliphatic heterocycles. The first-order valence-electron chi connectivity index (χ1n) is 9.19. The summed E-state index contributed by atoms with van der Waals surface area (Å²) in [5.74, 6) is 2.28. The van der Waals surface area contributed by atoms with Crippen molar-refractivity contribution in [3.05, 3.63) is 41.4 Å². The second kappa shape index (κ2) is 5.86. The number of fused-ring (bicyclic) bond motifs is 1. The van der Waals surface area contributed by atoms with Crippen molar-refractivity contribution in [2.24, 2.45) is 0 Å². The molecule has 0 radical (unpaired) electrons. The molecule has 1 saturated carbocycles. The molecule has 0 bridgehead atoms. The molecule has 2 aliphatic rings. The maximum Gasteiger partial charge on any atom is 0.226 e. The van der Waals surface area contributed by atoms with Crippen molar-refractivity contribution < 1.29 is 9.21 Å². The minimum absolute atomic E-state index is 0.0149. The Bertz CT molecular complexity index is 947. The van der Waals surface area contributed by atoms with Gasteiger partial charge in [0.2, 0.25) is 5.91 Å². The van der Waals surface area contributed by atoms with Gasteiger partial charge in [-0.15, -0.1) is 0 Å². The van der Waals surface area contributed by atoms with Crippen molar-refractivity contribution in [1.82, 2.24) is 20.0 Å². The molecule has 0 aromatic carbocycles. The van der Waals surface area contributed by atoms with Gasteiger partial charge in [-0.1, -0.05) is 12.8 Å². The average Bonchev–Trinajstić information content (AvgIpc) is 3.41. The van der Waals surface area contributed by atoms with Crippen LogP contribution in [0.3, 0.4) is 0 Å². The zero-order valence-electron chi connectivity index (χ0n) is 14.7. The molecule has 2 N–H and O–H groups in total. The predicted octanol–water partition coefficient (Wildman–Crippen LogP) is 3.76. The highest BCUT2D eigenvalue weighted by molar-refractivity contribution is 5.94. The maximum atomic E-state index is 12.4.